The van der Waals surface area contributed by atoms with Crippen LogP contribution in [0.3, 0.4) is 0 Å². The number of nitrogens with zero attached hydrogens (tertiary/aromatic N) is 3. The van der Waals surface area contributed by atoms with E-state index in [0.717, 1.165) is 12.8 Å². The van der Waals surface area contributed by atoms with Crippen molar-refractivity contribution in [1.29, 1.82) is 5.26 Å². The van der Waals surface area contributed by atoms with Gasteiger partial charge in [0.15, 0.2) is 0 Å². The van der Waals surface area contributed by atoms with Crippen LogP contribution in [-0.4, -0.2) is 29.4 Å². The van der Waals surface area contributed by atoms with Gasteiger partial charge < -0.3 is 4.90 Å². The van der Waals surface area contributed by atoms with Gasteiger partial charge in [-0.05, 0) is 37.0 Å². The topological polar surface area (TPSA) is 64.4 Å². The van der Waals surface area contributed by atoms with Gasteiger partial charge in [-0.25, -0.2) is 9.69 Å². The Balaban J connectivity index is 1.96. The van der Waals surface area contributed by atoms with Crippen molar-refractivity contribution in [3.05, 3.63) is 29.8 Å². The number of piperidine rings is 1. The molecule has 102 valence electrons. The van der Waals surface area contributed by atoms with Gasteiger partial charge in [-0.1, -0.05) is 13.0 Å². The van der Waals surface area contributed by atoms with E-state index in [1.165, 1.54) is 4.90 Å². The fourth-order valence-corrected chi connectivity index (χ4v) is 2.93. The Kier molecular flexibility index (Phi) is 2.94. The number of amides is 3. The maximum Gasteiger partial charge on any atom is 0.332 e. The summed E-state index contributed by atoms with van der Waals surface area (Å²) in [4.78, 5) is 27.7. The van der Waals surface area contributed by atoms with Crippen LogP contribution in [0, 0.1) is 17.2 Å². The van der Waals surface area contributed by atoms with Crippen molar-refractivity contribution in [2.45, 2.75) is 25.8 Å². The molecule has 2 unspecified atom stereocenters. The lowest BCUT2D eigenvalue weighted by atomic mass is 9.93. The Morgan fingerprint density at radius 3 is 2.90 bits per heavy atom. The van der Waals surface area contributed by atoms with Crippen molar-refractivity contribution < 1.29 is 9.59 Å². The lowest BCUT2D eigenvalue weighted by molar-refractivity contribution is -0.120. The van der Waals surface area contributed by atoms with Gasteiger partial charge >= 0.3 is 6.03 Å². The van der Waals surface area contributed by atoms with Gasteiger partial charge in [-0.3, -0.25) is 4.79 Å². The van der Waals surface area contributed by atoms with Gasteiger partial charge in [-0.2, -0.15) is 5.26 Å². The molecule has 5 nitrogen and oxygen atoms in total. The van der Waals surface area contributed by atoms with E-state index < -0.39 is 0 Å². The Labute approximate surface area is 117 Å². The Morgan fingerprint density at radius 1 is 1.35 bits per heavy atom. The SMILES string of the molecule is CC1CCN2C(=O)N(c3cccc(C#N)c3)C(=O)C2C1. The highest BCUT2D eigenvalue weighted by Crippen LogP contribution is 2.32. The van der Waals surface area contributed by atoms with Crippen LogP contribution in [0.15, 0.2) is 24.3 Å². The first-order valence-corrected chi connectivity index (χ1v) is 6.76. The molecule has 3 amide bonds. The highest BCUT2D eigenvalue weighted by molar-refractivity contribution is 6.21. The van der Waals surface area contributed by atoms with E-state index in [9.17, 15) is 9.59 Å². The van der Waals surface area contributed by atoms with Crippen LogP contribution in [0.1, 0.15) is 25.3 Å². The molecule has 2 aliphatic heterocycles. The monoisotopic (exact) mass is 269 g/mol. The number of carbonyl (C=O) groups is 2. The normalized spacial score (nSPS) is 25.6. The van der Waals surface area contributed by atoms with E-state index in [0.29, 0.717) is 23.7 Å². The second-order valence-corrected chi connectivity index (χ2v) is 5.46. The minimum Gasteiger partial charge on any atom is -0.312 e. The van der Waals surface area contributed by atoms with E-state index in [1.807, 2.05) is 6.07 Å². The molecule has 2 fully saturated rings. The van der Waals surface area contributed by atoms with Crippen molar-refractivity contribution in [2.75, 3.05) is 11.4 Å². The third kappa shape index (κ3) is 1.85. The average molecular weight is 269 g/mol. The molecule has 0 spiro atoms. The predicted molar refractivity (Wildman–Crippen MR) is 72.9 cm³/mol. The molecule has 0 bridgehead atoms. The number of carbonyl (C=O) groups excluding carboxylic acids is 2. The van der Waals surface area contributed by atoms with E-state index in [4.69, 9.17) is 5.26 Å². The van der Waals surface area contributed by atoms with Gasteiger partial charge in [0.25, 0.3) is 5.91 Å². The van der Waals surface area contributed by atoms with Crippen LogP contribution in [0.4, 0.5) is 10.5 Å². The minimum atomic E-state index is -0.336. The van der Waals surface area contributed by atoms with Crippen LogP contribution >= 0.6 is 0 Å². The zero-order chi connectivity index (χ0) is 14.3. The second-order valence-electron chi connectivity index (χ2n) is 5.46. The number of rotatable bonds is 1. The molecule has 1 aromatic carbocycles. The molecule has 1 aromatic rings. The summed E-state index contributed by atoms with van der Waals surface area (Å²) in [6.07, 6.45) is 1.65. The summed E-state index contributed by atoms with van der Waals surface area (Å²) in [6.45, 7) is 2.74. The summed E-state index contributed by atoms with van der Waals surface area (Å²) in [5.74, 6) is 0.287. The molecular formula is C15H15N3O2. The van der Waals surface area contributed by atoms with Gasteiger partial charge in [0, 0.05) is 6.54 Å². The Bertz CT molecular complexity index is 620. The molecule has 0 aliphatic carbocycles. The first kappa shape index (κ1) is 12.7. The highest BCUT2D eigenvalue weighted by atomic mass is 16.2. The number of hydrogen-bond donors (Lipinski definition) is 0. The summed E-state index contributed by atoms with van der Waals surface area (Å²) in [6, 6.07) is 8.05. The first-order chi connectivity index (χ1) is 9.61. The first-order valence-electron chi connectivity index (χ1n) is 6.76. The van der Waals surface area contributed by atoms with Gasteiger partial charge in [-0.15, -0.1) is 0 Å². The van der Waals surface area contributed by atoms with Crippen LogP contribution in [0.5, 0.6) is 0 Å². The van der Waals surface area contributed by atoms with Crippen LogP contribution in [0.2, 0.25) is 0 Å². The fourth-order valence-electron chi connectivity index (χ4n) is 2.93. The largest absolute Gasteiger partial charge is 0.332 e. The molecule has 3 rings (SSSR count). The van der Waals surface area contributed by atoms with Crippen LogP contribution < -0.4 is 4.90 Å². The third-order valence-corrected chi connectivity index (χ3v) is 4.04. The number of nitriles is 1. The molecule has 2 saturated heterocycles. The van der Waals surface area contributed by atoms with E-state index >= 15 is 0 Å². The molecular weight excluding hydrogens is 254 g/mol. The fraction of sp³-hybridized carbons (Fsp3) is 0.400. The molecule has 2 atom stereocenters. The van der Waals surface area contributed by atoms with Gasteiger partial charge in [0.1, 0.15) is 6.04 Å². The summed E-state index contributed by atoms with van der Waals surface area (Å²) in [7, 11) is 0. The zero-order valence-corrected chi connectivity index (χ0v) is 11.2. The standard InChI is InChI=1S/C15H15N3O2/c1-10-5-6-17-13(7-10)14(19)18(15(17)20)12-4-2-3-11(8-12)9-16/h2-4,8,10,13H,5-7H2,1H3. The smallest absolute Gasteiger partial charge is 0.312 e. The number of anilines is 1. The van der Waals surface area contributed by atoms with E-state index in [-0.39, 0.29) is 18.0 Å². The summed E-state index contributed by atoms with van der Waals surface area (Å²) in [5, 5.41) is 8.93. The van der Waals surface area contributed by atoms with Crippen molar-refractivity contribution in [2.24, 2.45) is 5.92 Å². The Morgan fingerprint density at radius 2 is 2.15 bits per heavy atom. The molecule has 20 heavy (non-hydrogen) atoms. The number of fused-ring (bicyclic) bond motifs is 1. The summed E-state index contributed by atoms with van der Waals surface area (Å²) in [5.41, 5.74) is 0.933. The molecule has 5 heteroatoms. The minimum absolute atomic E-state index is 0.170. The third-order valence-electron chi connectivity index (χ3n) is 4.04. The lowest BCUT2D eigenvalue weighted by Crippen LogP contribution is -2.41. The quantitative estimate of drug-likeness (QED) is 0.733. The molecule has 0 saturated carbocycles. The number of urea groups is 1. The number of hydrogen-bond acceptors (Lipinski definition) is 3. The number of benzene rings is 1. The van der Waals surface area contributed by atoms with Crippen molar-refractivity contribution in [3.63, 3.8) is 0 Å². The molecule has 0 radical (unpaired) electrons. The predicted octanol–water partition coefficient (Wildman–Crippen LogP) is 2.13. The summed E-state index contributed by atoms with van der Waals surface area (Å²) < 4.78 is 0. The maximum atomic E-state index is 12.5. The van der Waals surface area contributed by atoms with Crippen molar-refractivity contribution in [3.8, 4) is 6.07 Å². The molecule has 2 aliphatic rings. The highest BCUT2D eigenvalue weighted by Gasteiger charge is 2.47. The zero-order valence-electron chi connectivity index (χ0n) is 11.2. The van der Waals surface area contributed by atoms with E-state index in [2.05, 4.69) is 6.92 Å². The molecule has 0 aromatic heterocycles. The van der Waals surface area contributed by atoms with Gasteiger partial charge in [0.05, 0.1) is 17.3 Å². The maximum absolute atomic E-state index is 12.5. The number of imide groups is 1. The molecule has 0 N–H and O–H groups in total. The second kappa shape index (κ2) is 4.64. The lowest BCUT2D eigenvalue weighted by Gasteiger charge is -2.30. The molecule has 2 heterocycles. The van der Waals surface area contributed by atoms with Crippen LogP contribution in [-0.2, 0) is 4.79 Å². The summed E-state index contributed by atoms with van der Waals surface area (Å²) >= 11 is 0. The Hall–Kier alpha value is -2.35. The van der Waals surface area contributed by atoms with Crippen molar-refractivity contribution in [1.82, 2.24) is 4.90 Å². The average Bonchev–Trinajstić information content (AvgIpc) is 2.70. The van der Waals surface area contributed by atoms with Crippen LogP contribution in [0.25, 0.3) is 0 Å². The van der Waals surface area contributed by atoms with E-state index in [1.54, 1.807) is 29.2 Å². The van der Waals surface area contributed by atoms with Gasteiger partial charge in [0.2, 0.25) is 0 Å². The van der Waals surface area contributed by atoms with Crippen molar-refractivity contribution >= 4 is 17.6 Å².